The molecular weight excluding hydrogens is 302 g/mol. The highest BCUT2D eigenvalue weighted by Crippen LogP contribution is 2.43. The van der Waals surface area contributed by atoms with Crippen molar-refractivity contribution in [3.05, 3.63) is 12.2 Å². The number of nitrogen functional groups attached to an aromatic ring is 1. The highest BCUT2D eigenvalue weighted by Gasteiger charge is 2.55. The van der Waals surface area contributed by atoms with Crippen molar-refractivity contribution >= 4 is 17.0 Å². The van der Waals surface area contributed by atoms with Crippen LogP contribution in [0, 0.1) is 6.92 Å². The van der Waals surface area contributed by atoms with E-state index >= 15 is 0 Å². The Kier molecular flexibility index (Phi) is 3.11. The van der Waals surface area contributed by atoms with Gasteiger partial charge in [0.05, 0.1) is 12.9 Å². The number of hydrogen-bond acceptors (Lipinski definition) is 8. The van der Waals surface area contributed by atoms with Crippen molar-refractivity contribution in [3.63, 3.8) is 0 Å². The molecule has 3 N–H and O–H groups in total. The molecule has 0 aromatic carbocycles. The minimum atomic E-state index is -0.731. The third-order valence-corrected chi connectivity index (χ3v) is 4.14. The first-order chi connectivity index (χ1) is 10.9. The zero-order valence-corrected chi connectivity index (χ0v) is 13.1. The Hall–Kier alpha value is -1.81. The monoisotopic (exact) mass is 321 g/mol. The first-order valence-corrected chi connectivity index (χ1v) is 7.48. The number of aliphatic hydroxyl groups is 1. The van der Waals surface area contributed by atoms with Gasteiger partial charge in [-0.3, -0.25) is 4.57 Å². The fourth-order valence-corrected chi connectivity index (χ4v) is 3.27. The van der Waals surface area contributed by atoms with Gasteiger partial charge in [-0.05, 0) is 20.8 Å². The van der Waals surface area contributed by atoms with Crippen LogP contribution in [-0.4, -0.2) is 55.3 Å². The smallest absolute Gasteiger partial charge is 0.167 e. The molecule has 2 fully saturated rings. The first kappa shape index (κ1) is 14.8. The molecule has 0 spiro atoms. The van der Waals surface area contributed by atoms with Crippen LogP contribution < -0.4 is 5.73 Å². The van der Waals surface area contributed by atoms with Crippen LogP contribution in [0.25, 0.3) is 11.2 Å². The predicted molar refractivity (Wildman–Crippen MR) is 79.3 cm³/mol. The standard InChI is InChI=1S/C14H19N5O4/c1-6-17-11(15)8-12(18-6)19(5-16-8)13-10-9(7(4-20)21-13)22-14(2,3)23-10/h5,7,9-10,13,20H,4H2,1-3H3,(H2,15,17,18)/t7-,9-,10?,13?/m1/s1. The fraction of sp³-hybridized carbons (Fsp3) is 0.643. The van der Waals surface area contributed by atoms with Crippen molar-refractivity contribution in [2.45, 2.75) is 51.1 Å². The second kappa shape index (κ2) is 4.84. The Bertz CT molecular complexity index is 761. The maximum atomic E-state index is 9.57. The molecule has 2 aliphatic heterocycles. The van der Waals surface area contributed by atoms with E-state index in [0.717, 1.165) is 0 Å². The van der Waals surface area contributed by atoms with Gasteiger partial charge < -0.3 is 25.1 Å². The van der Waals surface area contributed by atoms with E-state index in [1.807, 2.05) is 13.8 Å². The van der Waals surface area contributed by atoms with E-state index in [2.05, 4.69) is 15.0 Å². The van der Waals surface area contributed by atoms with E-state index in [9.17, 15) is 5.11 Å². The molecule has 9 heteroatoms. The number of aromatic nitrogens is 4. The minimum Gasteiger partial charge on any atom is -0.394 e. The molecule has 0 saturated carbocycles. The summed E-state index contributed by atoms with van der Waals surface area (Å²) in [5.74, 6) is 0.141. The van der Waals surface area contributed by atoms with Gasteiger partial charge in [0.15, 0.2) is 23.5 Å². The summed E-state index contributed by atoms with van der Waals surface area (Å²) in [4.78, 5) is 12.8. The van der Waals surface area contributed by atoms with E-state index < -0.39 is 18.1 Å². The van der Waals surface area contributed by atoms with Gasteiger partial charge in [0.25, 0.3) is 0 Å². The lowest BCUT2D eigenvalue weighted by Crippen LogP contribution is -2.31. The number of anilines is 1. The molecule has 4 atom stereocenters. The summed E-state index contributed by atoms with van der Waals surface area (Å²) in [6, 6.07) is 0. The second-order valence-corrected chi connectivity index (χ2v) is 6.29. The lowest BCUT2D eigenvalue weighted by Gasteiger charge is -2.24. The SMILES string of the molecule is Cc1nc(N)c2ncn(C3O[C@H](CO)[C@H]4OC(C)(C)OC34)c2n1. The number of hydrogen-bond donors (Lipinski definition) is 2. The quantitative estimate of drug-likeness (QED) is 0.801. The number of imidazole rings is 1. The summed E-state index contributed by atoms with van der Waals surface area (Å²) in [6.45, 7) is 5.29. The van der Waals surface area contributed by atoms with Gasteiger partial charge in [-0.15, -0.1) is 0 Å². The number of ether oxygens (including phenoxy) is 3. The number of fused-ring (bicyclic) bond motifs is 2. The molecule has 2 aromatic rings. The maximum absolute atomic E-state index is 9.57. The van der Waals surface area contributed by atoms with Crippen LogP contribution in [0.4, 0.5) is 5.82 Å². The third-order valence-electron chi connectivity index (χ3n) is 4.14. The molecule has 2 aliphatic rings. The Morgan fingerprint density at radius 3 is 2.78 bits per heavy atom. The van der Waals surface area contributed by atoms with Crippen molar-refractivity contribution in [2.24, 2.45) is 0 Å². The molecule has 0 radical (unpaired) electrons. The average Bonchev–Trinajstić information content (AvgIpc) is 3.09. The van der Waals surface area contributed by atoms with Crippen LogP contribution in [-0.2, 0) is 14.2 Å². The Balaban J connectivity index is 1.79. The average molecular weight is 321 g/mol. The Morgan fingerprint density at radius 2 is 2.04 bits per heavy atom. The summed E-state index contributed by atoms with van der Waals surface area (Å²) in [6.07, 6.45) is -0.0819. The van der Waals surface area contributed by atoms with Crippen molar-refractivity contribution in [3.8, 4) is 0 Å². The maximum Gasteiger partial charge on any atom is 0.167 e. The van der Waals surface area contributed by atoms with E-state index in [1.54, 1.807) is 17.8 Å². The van der Waals surface area contributed by atoms with Gasteiger partial charge in [-0.25, -0.2) is 15.0 Å². The second-order valence-electron chi connectivity index (χ2n) is 6.29. The summed E-state index contributed by atoms with van der Waals surface area (Å²) in [7, 11) is 0. The van der Waals surface area contributed by atoms with Gasteiger partial charge in [0.2, 0.25) is 0 Å². The predicted octanol–water partition coefficient (Wildman–Crippen LogP) is 0.127. The van der Waals surface area contributed by atoms with Gasteiger partial charge >= 0.3 is 0 Å². The van der Waals surface area contributed by atoms with Crippen molar-refractivity contribution in [1.82, 2.24) is 19.5 Å². The van der Waals surface area contributed by atoms with Gasteiger partial charge in [0, 0.05) is 0 Å². The summed E-state index contributed by atoms with van der Waals surface area (Å²) < 4.78 is 19.5. The van der Waals surface area contributed by atoms with Crippen LogP contribution in [0.15, 0.2) is 6.33 Å². The Labute approximate surface area is 132 Å². The van der Waals surface area contributed by atoms with E-state index in [1.165, 1.54) is 0 Å². The molecule has 0 amide bonds. The summed E-state index contributed by atoms with van der Waals surface area (Å²) in [5.41, 5.74) is 7.00. The molecule has 0 bridgehead atoms. The summed E-state index contributed by atoms with van der Waals surface area (Å²) >= 11 is 0. The van der Waals surface area contributed by atoms with E-state index in [4.69, 9.17) is 19.9 Å². The van der Waals surface area contributed by atoms with Crippen molar-refractivity contribution < 1.29 is 19.3 Å². The highest BCUT2D eigenvalue weighted by molar-refractivity contribution is 5.81. The number of aliphatic hydroxyl groups excluding tert-OH is 1. The lowest BCUT2D eigenvalue weighted by atomic mass is 10.1. The van der Waals surface area contributed by atoms with Crippen LogP contribution in [0.5, 0.6) is 0 Å². The van der Waals surface area contributed by atoms with E-state index in [0.29, 0.717) is 22.8 Å². The topological polar surface area (TPSA) is 118 Å². The van der Waals surface area contributed by atoms with Crippen LogP contribution >= 0.6 is 0 Å². The number of rotatable bonds is 2. The number of nitrogens with zero attached hydrogens (tertiary/aromatic N) is 4. The molecule has 23 heavy (non-hydrogen) atoms. The Morgan fingerprint density at radius 1 is 1.30 bits per heavy atom. The molecule has 4 heterocycles. The van der Waals surface area contributed by atoms with Gasteiger partial charge in [0.1, 0.15) is 29.7 Å². The molecular formula is C14H19N5O4. The molecule has 0 aliphatic carbocycles. The third kappa shape index (κ3) is 2.19. The van der Waals surface area contributed by atoms with Crippen LogP contribution in [0.2, 0.25) is 0 Å². The molecule has 2 aromatic heterocycles. The zero-order valence-electron chi connectivity index (χ0n) is 13.1. The van der Waals surface area contributed by atoms with E-state index in [-0.39, 0.29) is 18.8 Å². The minimum absolute atomic E-state index is 0.153. The van der Waals surface area contributed by atoms with Crippen molar-refractivity contribution in [2.75, 3.05) is 12.3 Å². The molecule has 124 valence electrons. The molecule has 9 nitrogen and oxygen atoms in total. The van der Waals surface area contributed by atoms with Crippen LogP contribution in [0.1, 0.15) is 25.9 Å². The molecule has 4 rings (SSSR count). The lowest BCUT2D eigenvalue weighted by molar-refractivity contribution is -0.199. The fourth-order valence-electron chi connectivity index (χ4n) is 3.27. The number of nitrogens with two attached hydrogens (primary N) is 1. The molecule has 2 unspecified atom stereocenters. The largest absolute Gasteiger partial charge is 0.394 e. The highest BCUT2D eigenvalue weighted by atomic mass is 16.8. The molecule has 2 saturated heterocycles. The van der Waals surface area contributed by atoms with Gasteiger partial charge in [-0.2, -0.15) is 0 Å². The normalized spacial score (nSPS) is 32.5. The van der Waals surface area contributed by atoms with Crippen molar-refractivity contribution in [1.29, 1.82) is 0 Å². The summed E-state index contributed by atoms with van der Waals surface area (Å²) in [5, 5.41) is 9.57. The van der Waals surface area contributed by atoms with Gasteiger partial charge in [-0.1, -0.05) is 0 Å². The number of aryl methyl sites for hydroxylation is 1. The zero-order chi connectivity index (χ0) is 16.4. The van der Waals surface area contributed by atoms with Crippen LogP contribution in [0.3, 0.4) is 0 Å². The first-order valence-electron chi connectivity index (χ1n) is 7.48.